The van der Waals surface area contributed by atoms with Crippen molar-refractivity contribution >= 4 is 34.0 Å². The molecule has 3 unspecified atom stereocenters. The summed E-state index contributed by atoms with van der Waals surface area (Å²) in [5.41, 5.74) is 5.78. The van der Waals surface area contributed by atoms with Crippen molar-refractivity contribution in [3.8, 4) is 0 Å². The highest BCUT2D eigenvalue weighted by atomic mass is 35.5. The average molecular weight is 306 g/mol. The zero-order chi connectivity index (χ0) is 13.1. The van der Waals surface area contributed by atoms with Crippen LogP contribution in [-0.4, -0.2) is 16.0 Å². The first-order valence-electron chi connectivity index (χ1n) is 6.19. The van der Waals surface area contributed by atoms with Gasteiger partial charge >= 0.3 is 0 Å². The maximum atomic E-state index is 12.6. The molecule has 2 nitrogen and oxygen atoms in total. The van der Waals surface area contributed by atoms with E-state index in [4.69, 9.17) is 28.9 Å². The third-order valence-corrected chi connectivity index (χ3v) is 6.17. The van der Waals surface area contributed by atoms with Gasteiger partial charge in [0.25, 0.3) is 0 Å². The number of hydrogen-bond acceptors (Lipinski definition) is 2. The van der Waals surface area contributed by atoms with Crippen molar-refractivity contribution < 1.29 is 4.21 Å². The van der Waals surface area contributed by atoms with Gasteiger partial charge in [-0.15, -0.1) is 0 Å². The third kappa shape index (κ3) is 3.08. The topological polar surface area (TPSA) is 43.1 Å². The Kier molecular flexibility index (Phi) is 5.07. The van der Waals surface area contributed by atoms with E-state index in [1.807, 2.05) is 0 Å². The molecular weight excluding hydrogens is 289 g/mol. The van der Waals surface area contributed by atoms with Crippen molar-refractivity contribution in [2.75, 3.05) is 6.54 Å². The smallest absolute Gasteiger partial charge is 0.0604 e. The minimum Gasteiger partial charge on any atom is -0.330 e. The van der Waals surface area contributed by atoms with E-state index >= 15 is 0 Å². The Balaban J connectivity index is 2.21. The monoisotopic (exact) mass is 305 g/mol. The molecule has 0 aliphatic heterocycles. The lowest BCUT2D eigenvalue weighted by Crippen LogP contribution is -2.34. The number of rotatable bonds is 3. The summed E-state index contributed by atoms with van der Waals surface area (Å²) in [4.78, 5) is 0.759. The number of hydrogen-bond donors (Lipinski definition) is 1. The molecule has 2 rings (SSSR count). The molecule has 1 fully saturated rings. The fourth-order valence-electron chi connectivity index (χ4n) is 2.50. The standard InChI is InChI=1S/C13H17Cl2NOS/c14-11-6-5-10(7-12(11)15)18(17)13-4-2-1-3-9(13)8-16/h5-7,9,13H,1-4,8,16H2. The molecule has 0 heterocycles. The van der Waals surface area contributed by atoms with E-state index < -0.39 is 10.8 Å². The third-order valence-electron chi connectivity index (χ3n) is 3.54. The molecule has 100 valence electrons. The van der Waals surface area contributed by atoms with Gasteiger partial charge in [0, 0.05) is 10.1 Å². The van der Waals surface area contributed by atoms with Crippen LogP contribution in [0.1, 0.15) is 25.7 Å². The van der Waals surface area contributed by atoms with Gasteiger partial charge < -0.3 is 5.73 Å². The Hall–Kier alpha value is -0.0900. The van der Waals surface area contributed by atoms with Gasteiger partial charge in [0.2, 0.25) is 0 Å². The van der Waals surface area contributed by atoms with Gasteiger partial charge in [-0.25, -0.2) is 0 Å². The van der Waals surface area contributed by atoms with Crippen LogP contribution < -0.4 is 5.73 Å². The summed E-state index contributed by atoms with van der Waals surface area (Å²) in [6.45, 7) is 0.609. The molecule has 2 N–H and O–H groups in total. The second-order valence-corrected chi connectivity index (χ2v) is 7.18. The molecule has 0 amide bonds. The molecule has 0 bridgehead atoms. The maximum Gasteiger partial charge on any atom is 0.0604 e. The number of nitrogens with two attached hydrogens (primary N) is 1. The molecule has 1 aliphatic carbocycles. The fourth-order valence-corrected chi connectivity index (χ4v) is 4.63. The fraction of sp³-hybridized carbons (Fsp3) is 0.538. The van der Waals surface area contributed by atoms with Crippen LogP contribution in [0.2, 0.25) is 10.0 Å². The molecule has 0 radical (unpaired) electrons. The zero-order valence-corrected chi connectivity index (χ0v) is 12.4. The van der Waals surface area contributed by atoms with E-state index in [-0.39, 0.29) is 5.25 Å². The van der Waals surface area contributed by atoms with Crippen LogP contribution in [0.3, 0.4) is 0 Å². The Morgan fingerprint density at radius 1 is 1.22 bits per heavy atom. The Labute approximate surface area is 120 Å². The second-order valence-electron chi connectivity index (χ2n) is 4.69. The van der Waals surface area contributed by atoms with Gasteiger partial charge in [-0.1, -0.05) is 36.0 Å². The molecule has 18 heavy (non-hydrogen) atoms. The number of halogens is 2. The predicted molar refractivity (Wildman–Crippen MR) is 77.7 cm³/mol. The van der Waals surface area contributed by atoms with Crippen LogP contribution in [0.15, 0.2) is 23.1 Å². The van der Waals surface area contributed by atoms with E-state index in [0.717, 1.165) is 24.2 Å². The molecule has 1 aromatic rings. The summed E-state index contributed by atoms with van der Waals surface area (Å²) < 4.78 is 12.6. The van der Waals surface area contributed by atoms with Crippen molar-refractivity contribution in [2.45, 2.75) is 35.8 Å². The van der Waals surface area contributed by atoms with Gasteiger partial charge in [-0.3, -0.25) is 4.21 Å². The molecule has 5 heteroatoms. The lowest BCUT2D eigenvalue weighted by molar-refractivity contribution is 0.372. The summed E-state index contributed by atoms with van der Waals surface area (Å²) >= 11 is 11.9. The van der Waals surface area contributed by atoms with Crippen molar-refractivity contribution in [3.63, 3.8) is 0 Å². The highest BCUT2D eigenvalue weighted by Gasteiger charge is 2.29. The van der Waals surface area contributed by atoms with Crippen LogP contribution >= 0.6 is 23.2 Å². The summed E-state index contributed by atoms with van der Waals surface area (Å²) in [6.07, 6.45) is 4.38. The minimum atomic E-state index is -1.04. The van der Waals surface area contributed by atoms with Crippen LogP contribution in [0.25, 0.3) is 0 Å². The Bertz CT molecular complexity index is 453. The molecule has 1 saturated carbocycles. The van der Waals surface area contributed by atoms with Gasteiger partial charge in [-0.2, -0.15) is 0 Å². The van der Waals surface area contributed by atoms with Crippen molar-refractivity contribution in [1.29, 1.82) is 0 Å². The summed E-state index contributed by atoms with van der Waals surface area (Å²) in [5.74, 6) is 0.356. The van der Waals surface area contributed by atoms with E-state index in [0.29, 0.717) is 22.5 Å². The highest BCUT2D eigenvalue weighted by Crippen LogP contribution is 2.32. The minimum absolute atomic E-state index is 0.154. The quantitative estimate of drug-likeness (QED) is 0.927. The van der Waals surface area contributed by atoms with Gasteiger partial charge in [0.15, 0.2) is 0 Å². The molecule has 0 aromatic heterocycles. The Morgan fingerprint density at radius 2 is 1.94 bits per heavy atom. The lowest BCUT2D eigenvalue weighted by Gasteiger charge is -2.29. The van der Waals surface area contributed by atoms with E-state index in [9.17, 15) is 4.21 Å². The summed E-state index contributed by atoms with van der Waals surface area (Å²) in [6, 6.07) is 5.21. The first-order chi connectivity index (χ1) is 8.63. The van der Waals surface area contributed by atoms with Crippen LogP contribution in [-0.2, 0) is 10.8 Å². The normalized spacial score (nSPS) is 25.9. The molecule has 1 aliphatic rings. The van der Waals surface area contributed by atoms with Gasteiger partial charge in [0.05, 0.1) is 20.8 Å². The Morgan fingerprint density at radius 3 is 2.61 bits per heavy atom. The maximum absolute atomic E-state index is 12.6. The van der Waals surface area contributed by atoms with Gasteiger partial charge in [0.1, 0.15) is 0 Å². The van der Waals surface area contributed by atoms with Crippen LogP contribution in [0, 0.1) is 5.92 Å². The van der Waals surface area contributed by atoms with E-state index in [1.165, 1.54) is 6.42 Å². The molecule has 0 spiro atoms. The van der Waals surface area contributed by atoms with Crippen molar-refractivity contribution in [3.05, 3.63) is 28.2 Å². The predicted octanol–water partition coefficient (Wildman–Crippen LogP) is 3.62. The molecule has 0 saturated heterocycles. The zero-order valence-electron chi connectivity index (χ0n) is 10.1. The van der Waals surface area contributed by atoms with Gasteiger partial charge in [-0.05, 0) is 43.5 Å². The first kappa shape index (κ1) is 14.3. The lowest BCUT2D eigenvalue weighted by atomic mass is 9.89. The van der Waals surface area contributed by atoms with Crippen molar-refractivity contribution in [2.24, 2.45) is 11.7 Å². The molecule has 3 atom stereocenters. The average Bonchev–Trinajstić information content (AvgIpc) is 2.41. The summed E-state index contributed by atoms with van der Waals surface area (Å²) in [5, 5.41) is 1.11. The van der Waals surface area contributed by atoms with E-state index in [2.05, 4.69) is 0 Å². The van der Waals surface area contributed by atoms with Crippen LogP contribution in [0.5, 0.6) is 0 Å². The first-order valence-corrected chi connectivity index (χ1v) is 8.16. The molecular formula is C13H17Cl2NOS. The van der Waals surface area contributed by atoms with Crippen molar-refractivity contribution in [1.82, 2.24) is 0 Å². The van der Waals surface area contributed by atoms with E-state index in [1.54, 1.807) is 18.2 Å². The summed E-state index contributed by atoms with van der Waals surface area (Å²) in [7, 11) is -1.04. The largest absolute Gasteiger partial charge is 0.330 e. The van der Waals surface area contributed by atoms with Crippen LogP contribution in [0.4, 0.5) is 0 Å². The number of benzene rings is 1. The SMILES string of the molecule is NCC1CCCCC1S(=O)c1ccc(Cl)c(Cl)c1. The molecule has 1 aromatic carbocycles. The highest BCUT2D eigenvalue weighted by molar-refractivity contribution is 7.85. The second kappa shape index (κ2) is 6.38.